The van der Waals surface area contributed by atoms with Gasteiger partial charge in [-0.1, -0.05) is 60.3 Å². The van der Waals surface area contributed by atoms with E-state index < -0.39 is 0 Å². The minimum absolute atomic E-state index is 0.0342. The first-order valence-electron chi connectivity index (χ1n) is 8.80. The Hall–Kier alpha value is -2.93. The third-order valence-corrected chi connectivity index (χ3v) is 5.22. The summed E-state index contributed by atoms with van der Waals surface area (Å²) in [6, 6.07) is 19.8. The first-order valence-corrected chi connectivity index (χ1v) is 9.68. The lowest BCUT2D eigenvalue weighted by molar-refractivity contribution is 0.508. The molecule has 136 valence electrons. The van der Waals surface area contributed by atoms with Crippen LogP contribution in [0, 0.1) is 0 Å². The average Bonchev–Trinajstić information content (AvgIpc) is 3.36. The number of hydrogen-bond donors (Lipinski definition) is 0. The fraction of sp³-hybridized carbons (Fsp3) is 0.200. The standard InChI is InChI=1S/C20H19N5OS/c1-3-25-17(15-10-6-4-7-11-15)21-24-20(25)27-14(2)18-22-23-19(26-18)16-12-8-5-9-13-16/h4-14H,3H2,1-2H3. The zero-order valence-electron chi connectivity index (χ0n) is 15.1. The zero-order chi connectivity index (χ0) is 18.6. The van der Waals surface area contributed by atoms with Crippen molar-refractivity contribution in [1.29, 1.82) is 0 Å². The Morgan fingerprint density at radius 1 is 0.889 bits per heavy atom. The fourth-order valence-electron chi connectivity index (χ4n) is 2.77. The highest BCUT2D eigenvalue weighted by Gasteiger charge is 2.21. The third kappa shape index (κ3) is 3.64. The average molecular weight is 377 g/mol. The third-order valence-electron chi connectivity index (χ3n) is 4.16. The number of thioether (sulfide) groups is 1. The Bertz CT molecular complexity index is 1010. The summed E-state index contributed by atoms with van der Waals surface area (Å²) in [4.78, 5) is 0. The van der Waals surface area contributed by atoms with Gasteiger partial charge in [0.15, 0.2) is 11.0 Å². The van der Waals surface area contributed by atoms with Gasteiger partial charge in [-0.3, -0.25) is 0 Å². The van der Waals surface area contributed by atoms with Gasteiger partial charge in [0.1, 0.15) is 0 Å². The van der Waals surface area contributed by atoms with Gasteiger partial charge in [0.05, 0.1) is 5.25 Å². The van der Waals surface area contributed by atoms with Gasteiger partial charge in [-0.2, -0.15) is 0 Å². The van der Waals surface area contributed by atoms with Gasteiger partial charge in [-0.25, -0.2) is 0 Å². The van der Waals surface area contributed by atoms with Crippen LogP contribution in [0.15, 0.2) is 70.2 Å². The van der Waals surface area contributed by atoms with Crippen LogP contribution in [0.2, 0.25) is 0 Å². The molecule has 4 aromatic rings. The van der Waals surface area contributed by atoms with Crippen molar-refractivity contribution in [3.05, 3.63) is 66.6 Å². The second-order valence-corrected chi connectivity index (χ2v) is 7.30. The normalized spacial score (nSPS) is 12.2. The maximum Gasteiger partial charge on any atom is 0.247 e. The Kier molecular flexibility index (Phi) is 5.02. The van der Waals surface area contributed by atoms with Crippen LogP contribution in [0.4, 0.5) is 0 Å². The lowest BCUT2D eigenvalue weighted by atomic mass is 10.2. The maximum absolute atomic E-state index is 5.87. The van der Waals surface area contributed by atoms with Crippen molar-refractivity contribution in [2.24, 2.45) is 0 Å². The molecule has 0 aliphatic carbocycles. The molecule has 0 bridgehead atoms. The summed E-state index contributed by atoms with van der Waals surface area (Å²) < 4.78 is 7.97. The molecule has 0 fully saturated rings. The molecule has 0 spiro atoms. The molecule has 6 nitrogen and oxygen atoms in total. The van der Waals surface area contributed by atoms with Crippen LogP contribution >= 0.6 is 11.8 Å². The quantitative estimate of drug-likeness (QED) is 0.447. The number of aromatic nitrogens is 5. The molecule has 2 aromatic heterocycles. The SMILES string of the molecule is CCn1c(SC(C)c2nnc(-c3ccccc3)o2)nnc1-c1ccccc1. The van der Waals surface area contributed by atoms with Crippen molar-refractivity contribution < 1.29 is 4.42 Å². The van der Waals surface area contributed by atoms with E-state index in [0.29, 0.717) is 11.8 Å². The Balaban J connectivity index is 1.56. The van der Waals surface area contributed by atoms with E-state index in [-0.39, 0.29) is 5.25 Å². The molecule has 7 heteroatoms. The maximum atomic E-state index is 5.87. The lowest BCUT2D eigenvalue weighted by Crippen LogP contribution is -2.01. The molecule has 0 aliphatic heterocycles. The number of rotatable bonds is 6. The second kappa shape index (κ2) is 7.75. The first kappa shape index (κ1) is 17.5. The van der Waals surface area contributed by atoms with E-state index in [1.165, 1.54) is 0 Å². The molecule has 0 radical (unpaired) electrons. The molecule has 2 heterocycles. The van der Waals surface area contributed by atoms with Crippen molar-refractivity contribution in [2.45, 2.75) is 30.8 Å². The lowest BCUT2D eigenvalue weighted by Gasteiger charge is -2.09. The highest BCUT2D eigenvalue weighted by molar-refractivity contribution is 7.99. The van der Waals surface area contributed by atoms with Crippen molar-refractivity contribution in [3.8, 4) is 22.8 Å². The van der Waals surface area contributed by atoms with Gasteiger partial charge in [-0.05, 0) is 26.0 Å². The van der Waals surface area contributed by atoms with Crippen LogP contribution in [-0.2, 0) is 6.54 Å². The Morgan fingerprint density at radius 3 is 2.22 bits per heavy atom. The highest BCUT2D eigenvalue weighted by atomic mass is 32.2. The molecule has 1 atom stereocenters. The zero-order valence-corrected chi connectivity index (χ0v) is 15.9. The molecule has 0 N–H and O–H groups in total. The van der Waals surface area contributed by atoms with E-state index in [2.05, 4.69) is 31.9 Å². The number of nitrogens with zero attached hydrogens (tertiary/aromatic N) is 5. The van der Waals surface area contributed by atoms with E-state index in [9.17, 15) is 0 Å². The van der Waals surface area contributed by atoms with Crippen LogP contribution in [-0.4, -0.2) is 25.0 Å². The summed E-state index contributed by atoms with van der Waals surface area (Å²) in [5.74, 6) is 1.97. The van der Waals surface area contributed by atoms with Gasteiger partial charge < -0.3 is 8.98 Å². The van der Waals surface area contributed by atoms with Gasteiger partial charge >= 0.3 is 0 Å². The summed E-state index contributed by atoms with van der Waals surface area (Å²) in [6.45, 7) is 4.90. The topological polar surface area (TPSA) is 69.6 Å². The molecule has 1 unspecified atom stereocenters. The van der Waals surface area contributed by atoms with Crippen LogP contribution in [0.5, 0.6) is 0 Å². The minimum Gasteiger partial charge on any atom is -0.419 e. The predicted molar refractivity (Wildman–Crippen MR) is 105 cm³/mol. The van der Waals surface area contributed by atoms with Crippen LogP contribution < -0.4 is 0 Å². The summed E-state index contributed by atoms with van der Waals surface area (Å²) >= 11 is 1.56. The van der Waals surface area contributed by atoms with Crippen LogP contribution in [0.1, 0.15) is 25.0 Å². The van der Waals surface area contributed by atoms with Crippen molar-refractivity contribution in [3.63, 3.8) is 0 Å². The first-order chi connectivity index (χ1) is 13.3. The summed E-state index contributed by atoms with van der Waals surface area (Å²) in [6.07, 6.45) is 0. The minimum atomic E-state index is -0.0342. The molecule has 0 amide bonds. The van der Waals surface area contributed by atoms with E-state index in [4.69, 9.17) is 4.42 Å². The van der Waals surface area contributed by atoms with Crippen LogP contribution in [0.25, 0.3) is 22.8 Å². The van der Waals surface area contributed by atoms with E-state index in [0.717, 1.165) is 28.7 Å². The van der Waals surface area contributed by atoms with Crippen molar-refractivity contribution in [2.75, 3.05) is 0 Å². The van der Waals surface area contributed by atoms with E-state index >= 15 is 0 Å². The molecule has 0 saturated heterocycles. The van der Waals surface area contributed by atoms with Gasteiger partial charge in [-0.15, -0.1) is 20.4 Å². The van der Waals surface area contributed by atoms with Gasteiger partial charge in [0, 0.05) is 17.7 Å². The summed E-state index contributed by atoms with van der Waals surface area (Å²) in [5.41, 5.74) is 1.96. The van der Waals surface area contributed by atoms with Crippen LogP contribution in [0.3, 0.4) is 0 Å². The monoisotopic (exact) mass is 377 g/mol. The largest absolute Gasteiger partial charge is 0.419 e. The smallest absolute Gasteiger partial charge is 0.247 e. The molecule has 0 saturated carbocycles. The predicted octanol–water partition coefficient (Wildman–Crippen LogP) is 4.87. The highest BCUT2D eigenvalue weighted by Crippen LogP contribution is 2.35. The molecule has 4 rings (SSSR count). The fourth-order valence-corrected chi connectivity index (χ4v) is 3.71. The molecule has 27 heavy (non-hydrogen) atoms. The van der Waals surface area contributed by atoms with E-state index in [1.807, 2.05) is 67.6 Å². The Morgan fingerprint density at radius 2 is 1.56 bits per heavy atom. The van der Waals surface area contributed by atoms with Gasteiger partial charge in [0.25, 0.3) is 0 Å². The number of hydrogen-bond acceptors (Lipinski definition) is 6. The summed E-state index contributed by atoms with van der Waals surface area (Å²) in [7, 11) is 0. The Labute approximate surface area is 161 Å². The van der Waals surface area contributed by atoms with E-state index in [1.54, 1.807) is 11.8 Å². The second-order valence-electron chi connectivity index (χ2n) is 5.99. The molecular weight excluding hydrogens is 358 g/mol. The van der Waals surface area contributed by atoms with Gasteiger partial charge in [0.2, 0.25) is 11.8 Å². The molecular formula is C20H19N5OS. The van der Waals surface area contributed by atoms with Crippen molar-refractivity contribution in [1.82, 2.24) is 25.0 Å². The molecule has 0 aliphatic rings. The summed E-state index contributed by atoms with van der Waals surface area (Å²) in [5, 5.41) is 18.0. The van der Waals surface area contributed by atoms with Crippen molar-refractivity contribution >= 4 is 11.8 Å². The molecule has 2 aromatic carbocycles. The number of benzene rings is 2.